The van der Waals surface area contributed by atoms with Crippen molar-refractivity contribution in [2.24, 2.45) is 0 Å². The number of fused-ring (bicyclic) bond motifs is 1. The maximum Gasteiger partial charge on any atom is 0.231 e. The van der Waals surface area contributed by atoms with E-state index in [1.807, 2.05) is 6.07 Å². The predicted molar refractivity (Wildman–Crippen MR) is 38.9 cm³/mol. The van der Waals surface area contributed by atoms with Gasteiger partial charge in [-0.1, -0.05) is 0 Å². The van der Waals surface area contributed by atoms with Crippen LogP contribution in [0.1, 0.15) is 5.56 Å². The zero-order chi connectivity index (χ0) is 8.55. The first kappa shape index (κ1) is 6.80. The molecule has 0 saturated heterocycles. The average molecular weight is 163 g/mol. The van der Waals surface area contributed by atoms with E-state index < -0.39 is 0 Å². The van der Waals surface area contributed by atoms with Crippen molar-refractivity contribution in [2.45, 2.75) is 0 Å². The first-order chi connectivity index (χ1) is 5.81. The lowest BCUT2D eigenvalue weighted by atomic mass is 10.2. The van der Waals surface area contributed by atoms with Crippen LogP contribution in [0.15, 0.2) is 12.1 Å². The standard InChI is InChI=1S/C8H5NO3/c9-3-5-1-6(10)8-7(2-5)11-4-12-8/h1-2,10H,4H2. The highest BCUT2D eigenvalue weighted by molar-refractivity contribution is 5.56. The highest BCUT2D eigenvalue weighted by atomic mass is 16.7. The quantitative estimate of drug-likeness (QED) is 0.619. The van der Waals surface area contributed by atoms with Gasteiger partial charge in [-0.2, -0.15) is 5.26 Å². The Bertz CT molecular complexity index is 367. The maximum atomic E-state index is 9.29. The van der Waals surface area contributed by atoms with Gasteiger partial charge in [0.05, 0.1) is 11.6 Å². The van der Waals surface area contributed by atoms with E-state index in [4.69, 9.17) is 14.7 Å². The molecule has 0 bridgehead atoms. The van der Waals surface area contributed by atoms with Gasteiger partial charge in [-0.25, -0.2) is 0 Å². The minimum atomic E-state index is -0.0541. The van der Waals surface area contributed by atoms with Crippen LogP contribution in [-0.4, -0.2) is 11.9 Å². The van der Waals surface area contributed by atoms with Crippen molar-refractivity contribution in [2.75, 3.05) is 6.79 Å². The Morgan fingerprint density at radius 1 is 1.42 bits per heavy atom. The smallest absolute Gasteiger partial charge is 0.231 e. The third-order valence-electron chi connectivity index (χ3n) is 1.58. The van der Waals surface area contributed by atoms with Crippen LogP contribution in [0.5, 0.6) is 17.2 Å². The van der Waals surface area contributed by atoms with E-state index in [2.05, 4.69) is 0 Å². The summed E-state index contributed by atoms with van der Waals surface area (Å²) < 4.78 is 9.94. The minimum absolute atomic E-state index is 0.0541. The van der Waals surface area contributed by atoms with Gasteiger partial charge in [0.15, 0.2) is 11.5 Å². The first-order valence-electron chi connectivity index (χ1n) is 3.34. The van der Waals surface area contributed by atoms with Gasteiger partial charge < -0.3 is 14.6 Å². The van der Waals surface area contributed by atoms with Crippen molar-refractivity contribution in [3.63, 3.8) is 0 Å². The van der Waals surface area contributed by atoms with Crippen molar-refractivity contribution in [1.82, 2.24) is 0 Å². The van der Waals surface area contributed by atoms with Crippen LogP contribution in [0.4, 0.5) is 0 Å². The second kappa shape index (κ2) is 2.31. The Kier molecular flexibility index (Phi) is 1.31. The van der Waals surface area contributed by atoms with Crippen molar-refractivity contribution in [1.29, 1.82) is 5.26 Å². The normalized spacial score (nSPS) is 12.6. The van der Waals surface area contributed by atoms with E-state index in [9.17, 15) is 5.11 Å². The summed E-state index contributed by atoms with van der Waals surface area (Å²) >= 11 is 0. The van der Waals surface area contributed by atoms with E-state index >= 15 is 0 Å². The van der Waals surface area contributed by atoms with Gasteiger partial charge >= 0.3 is 0 Å². The van der Waals surface area contributed by atoms with Crippen LogP contribution in [0, 0.1) is 11.3 Å². The SMILES string of the molecule is N#Cc1cc(O)c2c(c1)OCO2. The summed E-state index contributed by atoms with van der Waals surface area (Å²) in [4.78, 5) is 0. The van der Waals surface area contributed by atoms with Gasteiger partial charge in [-0.15, -0.1) is 0 Å². The molecule has 0 unspecified atom stereocenters. The zero-order valence-electron chi connectivity index (χ0n) is 6.07. The van der Waals surface area contributed by atoms with E-state index in [0.29, 0.717) is 17.1 Å². The molecule has 1 aromatic rings. The molecule has 1 heterocycles. The van der Waals surface area contributed by atoms with Crippen LogP contribution in [0.3, 0.4) is 0 Å². The van der Waals surface area contributed by atoms with Crippen molar-refractivity contribution in [3.05, 3.63) is 17.7 Å². The summed E-state index contributed by atoms with van der Waals surface area (Å²) in [5.41, 5.74) is 0.358. The molecule has 1 aliphatic heterocycles. The Hall–Kier alpha value is -1.89. The molecular formula is C8H5NO3. The zero-order valence-corrected chi connectivity index (χ0v) is 6.07. The highest BCUT2D eigenvalue weighted by Gasteiger charge is 2.18. The molecule has 1 aromatic carbocycles. The Morgan fingerprint density at radius 2 is 2.25 bits per heavy atom. The monoisotopic (exact) mass is 163 g/mol. The average Bonchev–Trinajstić information content (AvgIpc) is 2.52. The first-order valence-corrected chi connectivity index (χ1v) is 3.34. The summed E-state index contributed by atoms with van der Waals surface area (Å²) in [6.45, 7) is 0.0950. The maximum absolute atomic E-state index is 9.29. The molecular weight excluding hydrogens is 158 g/mol. The van der Waals surface area contributed by atoms with Crippen molar-refractivity contribution in [3.8, 4) is 23.3 Å². The molecule has 4 nitrogen and oxygen atoms in total. The van der Waals surface area contributed by atoms with E-state index in [-0.39, 0.29) is 12.5 Å². The molecule has 1 aliphatic rings. The number of nitrogens with zero attached hydrogens (tertiary/aromatic N) is 1. The van der Waals surface area contributed by atoms with Gasteiger partial charge in [0.2, 0.25) is 12.5 Å². The largest absolute Gasteiger partial charge is 0.504 e. The number of nitriles is 1. The molecule has 0 saturated carbocycles. The predicted octanol–water partition coefficient (Wildman–Crippen LogP) is 0.993. The fourth-order valence-electron chi connectivity index (χ4n) is 1.06. The number of rotatable bonds is 0. The summed E-state index contributed by atoms with van der Waals surface area (Å²) in [6.07, 6.45) is 0. The Morgan fingerprint density at radius 3 is 3.00 bits per heavy atom. The van der Waals surface area contributed by atoms with Gasteiger partial charge in [-0.3, -0.25) is 0 Å². The second-order valence-electron chi connectivity index (χ2n) is 2.34. The summed E-state index contributed by atoms with van der Waals surface area (Å²) in [5.74, 6) is 0.683. The topological polar surface area (TPSA) is 62.5 Å². The minimum Gasteiger partial charge on any atom is -0.504 e. The molecule has 60 valence electrons. The molecule has 0 aromatic heterocycles. The number of phenols is 1. The third kappa shape index (κ3) is 0.839. The molecule has 0 fully saturated rings. The van der Waals surface area contributed by atoms with Gasteiger partial charge in [0, 0.05) is 12.1 Å². The molecule has 0 aliphatic carbocycles. The van der Waals surface area contributed by atoms with E-state index in [1.165, 1.54) is 12.1 Å². The lowest BCUT2D eigenvalue weighted by Crippen LogP contribution is -1.93. The number of aromatic hydroxyl groups is 1. The Balaban J connectivity index is 2.60. The van der Waals surface area contributed by atoms with Crippen LogP contribution in [-0.2, 0) is 0 Å². The highest BCUT2D eigenvalue weighted by Crippen LogP contribution is 2.40. The number of ether oxygens (including phenoxy) is 2. The molecule has 0 spiro atoms. The molecule has 2 rings (SSSR count). The molecule has 0 radical (unpaired) electrons. The molecule has 1 N–H and O–H groups in total. The number of phenolic OH excluding ortho intramolecular Hbond substituents is 1. The number of hydrogen-bond donors (Lipinski definition) is 1. The van der Waals surface area contributed by atoms with Gasteiger partial charge in [0.1, 0.15) is 0 Å². The van der Waals surface area contributed by atoms with Gasteiger partial charge in [-0.05, 0) is 0 Å². The summed E-state index contributed by atoms with van der Waals surface area (Å²) in [7, 11) is 0. The van der Waals surface area contributed by atoms with Crippen LogP contribution in [0.25, 0.3) is 0 Å². The van der Waals surface area contributed by atoms with Gasteiger partial charge in [0.25, 0.3) is 0 Å². The second-order valence-corrected chi connectivity index (χ2v) is 2.34. The summed E-state index contributed by atoms with van der Waals surface area (Å²) in [6, 6.07) is 4.77. The van der Waals surface area contributed by atoms with Crippen LogP contribution in [0.2, 0.25) is 0 Å². The molecule has 0 atom stereocenters. The van der Waals surface area contributed by atoms with Crippen LogP contribution < -0.4 is 9.47 Å². The fraction of sp³-hybridized carbons (Fsp3) is 0.125. The van der Waals surface area contributed by atoms with Crippen LogP contribution >= 0.6 is 0 Å². The molecule has 12 heavy (non-hydrogen) atoms. The lowest BCUT2D eigenvalue weighted by Gasteiger charge is -1.98. The third-order valence-corrected chi connectivity index (χ3v) is 1.58. The van der Waals surface area contributed by atoms with Crippen molar-refractivity contribution >= 4 is 0 Å². The van der Waals surface area contributed by atoms with Crippen molar-refractivity contribution < 1.29 is 14.6 Å². The lowest BCUT2D eigenvalue weighted by molar-refractivity contribution is 0.171. The fourth-order valence-corrected chi connectivity index (χ4v) is 1.06. The van der Waals surface area contributed by atoms with E-state index in [0.717, 1.165) is 0 Å². The Labute approximate surface area is 68.6 Å². The summed E-state index contributed by atoms with van der Waals surface area (Å²) in [5, 5.41) is 17.8. The number of hydrogen-bond acceptors (Lipinski definition) is 4. The van der Waals surface area contributed by atoms with E-state index in [1.54, 1.807) is 0 Å². The number of benzene rings is 1. The molecule has 4 heteroatoms. The molecule has 0 amide bonds.